The maximum Gasteiger partial charge on any atom is 0.260 e. The third-order valence-electron chi connectivity index (χ3n) is 5.54. The van der Waals surface area contributed by atoms with Crippen molar-refractivity contribution in [3.05, 3.63) is 90.3 Å². The van der Waals surface area contributed by atoms with E-state index in [9.17, 15) is 9.59 Å². The number of para-hydroxylation sites is 1. The molecule has 1 aromatic heterocycles. The van der Waals surface area contributed by atoms with Gasteiger partial charge in [-0.15, -0.1) is 0 Å². The van der Waals surface area contributed by atoms with Gasteiger partial charge in [-0.3, -0.25) is 9.59 Å². The Labute approximate surface area is 196 Å². The molecule has 6 heteroatoms. The summed E-state index contributed by atoms with van der Waals surface area (Å²) in [7, 11) is 1.97. The number of hydrogen-bond acceptors (Lipinski definition) is 3. The van der Waals surface area contributed by atoms with E-state index in [2.05, 4.69) is 6.92 Å². The van der Waals surface area contributed by atoms with Crippen molar-refractivity contribution in [2.24, 2.45) is 7.05 Å². The smallest absolute Gasteiger partial charge is 0.260 e. The van der Waals surface area contributed by atoms with Crippen LogP contribution < -0.4 is 4.74 Å². The highest BCUT2D eigenvalue weighted by Gasteiger charge is 2.22. The molecule has 6 nitrogen and oxygen atoms in total. The fourth-order valence-electron chi connectivity index (χ4n) is 3.55. The van der Waals surface area contributed by atoms with E-state index in [0.717, 1.165) is 24.1 Å². The lowest BCUT2D eigenvalue weighted by atomic mass is 10.2. The van der Waals surface area contributed by atoms with E-state index < -0.39 is 0 Å². The predicted octanol–water partition coefficient (Wildman–Crippen LogP) is 4.26. The largest absolute Gasteiger partial charge is 0.484 e. The average molecular weight is 448 g/mol. The van der Waals surface area contributed by atoms with E-state index in [1.54, 1.807) is 4.90 Å². The maximum atomic E-state index is 13.4. The van der Waals surface area contributed by atoms with Crippen molar-refractivity contribution < 1.29 is 14.3 Å². The van der Waals surface area contributed by atoms with E-state index in [4.69, 9.17) is 4.74 Å². The molecule has 2 amide bonds. The number of nitrogens with zero attached hydrogens (tertiary/aromatic N) is 3. The molecule has 0 spiro atoms. The van der Waals surface area contributed by atoms with E-state index in [1.807, 2.05) is 95.5 Å². The Morgan fingerprint density at radius 1 is 0.848 bits per heavy atom. The summed E-state index contributed by atoms with van der Waals surface area (Å²) in [4.78, 5) is 29.8. The van der Waals surface area contributed by atoms with E-state index in [-0.39, 0.29) is 25.0 Å². The predicted molar refractivity (Wildman–Crippen MR) is 130 cm³/mol. The Kier molecular flexibility index (Phi) is 9.12. The number of rotatable bonds is 12. The van der Waals surface area contributed by atoms with Gasteiger partial charge in [-0.05, 0) is 36.2 Å². The topological polar surface area (TPSA) is 54.8 Å². The second-order valence-corrected chi connectivity index (χ2v) is 8.12. The number of carbonyl (C=O) groups is 2. The lowest BCUT2D eigenvalue weighted by molar-refractivity contribution is -0.142. The molecular weight excluding hydrogens is 414 g/mol. The van der Waals surface area contributed by atoms with Gasteiger partial charge in [-0.2, -0.15) is 0 Å². The molecule has 0 aliphatic carbocycles. The van der Waals surface area contributed by atoms with Crippen molar-refractivity contribution in [1.29, 1.82) is 0 Å². The Morgan fingerprint density at radius 2 is 1.55 bits per heavy atom. The first-order chi connectivity index (χ1) is 16.1. The minimum atomic E-state index is -0.181. The quantitative estimate of drug-likeness (QED) is 0.417. The molecule has 0 saturated heterocycles. The van der Waals surface area contributed by atoms with Gasteiger partial charge < -0.3 is 19.1 Å². The number of aromatic nitrogens is 1. The molecule has 0 N–H and O–H groups in total. The number of aryl methyl sites for hydroxylation is 1. The van der Waals surface area contributed by atoms with Gasteiger partial charge in [0.25, 0.3) is 5.91 Å². The molecule has 2 aromatic carbocycles. The number of amides is 2. The molecule has 0 unspecified atom stereocenters. The monoisotopic (exact) mass is 447 g/mol. The highest BCUT2D eigenvalue weighted by molar-refractivity contribution is 5.85. The van der Waals surface area contributed by atoms with E-state index in [1.165, 1.54) is 0 Å². The second-order valence-electron chi connectivity index (χ2n) is 8.12. The fourth-order valence-corrected chi connectivity index (χ4v) is 3.55. The average Bonchev–Trinajstić information content (AvgIpc) is 3.25. The fraction of sp³-hybridized carbons (Fsp3) is 0.333. The molecule has 0 radical (unpaired) electrons. The van der Waals surface area contributed by atoms with Crippen LogP contribution in [0.25, 0.3) is 0 Å². The minimum absolute atomic E-state index is 0.0360. The summed E-state index contributed by atoms with van der Waals surface area (Å²) < 4.78 is 7.66. The van der Waals surface area contributed by atoms with Crippen molar-refractivity contribution in [2.75, 3.05) is 19.7 Å². The van der Waals surface area contributed by atoms with Crippen LogP contribution in [-0.2, 0) is 29.7 Å². The van der Waals surface area contributed by atoms with Gasteiger partial charge in [0.1, 0.15) is 5.75 Å². The number of carbonyl (C=O) groups excluding carboxylic acids is 2. The lowest BCUT2D eigenvalue weighted by Crippen LogP contribution is -2.44. The summed E-state index contributed by atoms with van der Waals surface area (Å²) in [6, 6.07) is 23.2. The Hall–Kier alpha value is -3.54. The molecule has 0 fully saturated rings. The summed E-state index contributed by atoms with van der Waals surface area (Å²) in [5.41, 5.74) is 2.09. The van der Waals surface area contributed by atoms with Crippen molar-refractivity contribution in [2.45, 2.75) is 32.9 Å². The molecule has 3 rings (SSSR count). The summed E-state index contributed by atoms with van der Waals surface area (Å²) >= 11 is 0. The van der Waals surface area contributed by atoms with Crippen LogP contribution in [0.4, 0.5) is 0 Å². The number of ether oxygens (including phenoxy) is 1. The van der Waals surface area contributed by atoms with Crippen LogP contribution in [0.5, 0.6) is 5.75 Å². The van der Waals surface area contributed by atoms with E-state index >= 15 is 0 Å². The van der Waals surface area contributed by atoms with Crippen LogP contribution in [0.1, 0.15) is 31.0 Å². The third-order valence-corrected chi connectivity index (χ3v) is 5.54. The molecule has 0 aliphatic heterocycles. The number of unbranched alkanes of at least 4 members (excludes halogenated alkanes) is 1. The first kappa shape index (κ1) is 24.1. The van der Waals surface area contributed by atoms with Gasteiger partial charge in [-0.1, -0.05) is 61.9 Å². The maximum absolute atomic E-state index is 13.4. The molecule has 3 aromatic rings. The first-order valence-electron chi connectivity index (χ1n) is 11.4. The lowest BCUT2D eigenvalue weighted by Gasteiger charge is -2.28. The Morgan fingerprint density at radius 3 is 2.18 bits per heavy atom. The van der Waals surface area contributed by atoms with Gasteiger partial charge in [0.15, 0.2) is 6.61 Å². The SMILES string of the molecule is CCCCN(CC(=O)N(Cc1ccccc1)Cc1cccn1C)C(=O)COc1ccccc1. The summed E-state index contributed by atoms with van der Waals surface area (Å²) in [5.74, 6) is 0.380. The molecule has 0 saturated carbocycles. The van der Waals surface area contributed by atoms with E-state index in [0.29, 0.717) is 25.4 Å². The molecular formula is C27H33N3O3. The highest BCUT2D eigenvalue weighted by Crippen LogP contribution is 2.13. The van der Waals surface area contributed by atoms with Gasteiger partial charge in [-0.25, -0.2) is 0 Å². The molecule has 33 heavy (non-hydrogen) atoms. The number of benzene rings is 2. The van der Waals surface area contributed by atoms with Crippen molar-refractivity contribution in [3.63, 3.8) is 0 Å². The first-order valence-corrected chi connectivity index (χ1v) is 11.4. The van der Waals surface area contributed by atoms with Gasteiger partial charge in [0.05, 0.1) is 13.1 Å². The summed E-state index contributed by atoms with van der Waals surface area (Å²) in [6.07, 6.45) is 3.74. The molecule has 0 aliphatic rings. The molecule has 174 valence electrons. The van der Waals surface area contributed by atoms with Crippen LogP contribution >= 0.6 is 0 Å². The second kappa shape index (κ2) is 12.5. The number of hydrogen-bond donors (Lipinski definition) is 0. The molecule has 0 atom stereocenters. The van der Waals surface area contributed by atoms with Crippen LogP contribution in [-0.4, -0.2) is 45.9 Å². The van der Waals surface area contributed by atoms with Gasteiger partial charge in [0, 0.05) is 32.0 Å². The zero-order chi connectivity index (χ0) is 23.5. The molecule has 0 bridgehead atoms. The Bertz CT molecular complexity index is 1000. The van der Waals surface area contributed by atoms with Crippen molar-refractivity contribution in [3.8, 4) is 5.75 Å². The Balaban J connectivity index is 1.70. The van der Waals surface area contributed by atoms with Crippen molar-refractivity contribution in [1.82, 2.24) is 14.4 Å². The van der Waals surface area contributed by atoms with Crippen LogP contribution in [0.15, 0.2) is 79.0 Å². The summed E-state index contributed by atoms with van der Waals surface area (Å²) in [5, 5.41) is 0. The standard InChI is InChI=1S/C27H33N3O3/c1-3-4-18-29(27(32)22-33-25-15-9-6-10-16-25)21-26(31)30(19-23-12-7-5-8-13-23)20-24-14-11-17-28(24)2/h5-17H,3-4,18-22H2,1-2H3. The van der Waals surface area contributed by atoms with Gasteiger partial charge >= 0.3 is 0 Å². The minimum Gasteiger partial charge on any atom is -0.484 e. The molecule has 1 heterocycles. The summed E-state index contributed by atoms with van der Waals surface area (Å²) in [6.45, 7) is 3.52. The van der Waals surface area contributed by atoms with Crippen LogP contribution in [0, 0.1) is 0 Å². The zero-order valence-corrected chi connectivity index (χ0v) is 19.5. The van der Waals surface area contributed by atoms with Crippen LogP contribution in [0.2, 0.25) is 0 Å². The zero-order valence-electron chi connectivity index (χ0n) is 19.5. The normalized spacial score (nSPS) is 10.6. The third kappa shape index (κ3) is 7.52. The van der Waals surface area contributed by atoms with Crippen LogP contribution in [0.3, 0.4) is 0 Å². The van der Waals surface area contributed by atoms with Gasteiger partial charge in [0.2, 0.25) is 5.91 Å². The highest BCUT2D eigenvalue weighted by atomic mass is 16.5. The van der Waals surface area contributed by atoms with Crippen molar-refractivity contribution >= 4 is 11.8 Å².